The third-order valence-corrected chi connectivity index (χ3v) is 4.50. The summed E-state index contributed by atoms with van der Waals surface area (Å²) >= 11 is 0. The molecule has 1 aliphatic heterocycles. The fourth-order valence-corrected chi connectivity index (χ4v) is 3.43. The second-order valence-corrected chi connectivity index (χ2v) is 5.96. The molecule has 0 spiro atoms. The molecule has 4 heteroatoms. The highest BCUT2D eigenvalue weighted by molar-refractivity contribution is 7.85. The van der Waals surface area contributed by atoms with Gasteiger partial charge in [0.15, 0.2) is 0 Å². The predicted octanol–water partition coefficient (Wildman–Crippen LogP) is 2.23. The third kappa shape index (κ3) is 2.95. The number of hydrogen-bond donors (Lipinski definition) is 1. The molecule has 1 atom stereocenters. The quantitative estimate of drug-likeness (QED) is 0.879. The first-order chi connectivity index (χ1) is 7.79. The zero-order chi connectivity index (χ0) is 11.4. The highest BCUT2D eigenvalue weighted by atomic mass is 32.2. The van der Waals surface area contributed by atoms with Crippen molar-refractivity contribution in [1.29, 1.82) is 0 Å². The Kier molecular flexibility index (Phi) is 4.18. The molecular weight excluding hydrogens is 222 g/mol. The van der Waals surface area contributed by atoms with Gasteiger partial charge in [0.25, 0.3) is 0 Å². The van der Waals surface area contributed by atoms with E-state index in [1.807, 2.05) is 12.1 Å². The van der Waals surface area contributed by atoms with Crippen molar-refractivity contribution in [3.63, 3.8) is 0 Å². The summed E-state index contributed by atoms with van der Waals surface area (Å²) in [6.07, 6.45) is 4.77. The minimum atomic E-state index is -0.578. The molecule has 2 heterocycles. The Bertz CT molecular complexity index is 327. The minimum absolute atomic E-state index is 0.298. The fraction of sp³-hybridized carbons (Fsp3) is 0.667. The van der Waals surface area contributed by atoms with E-state index in [1.165, 1.54) is 0 Å². The second kappa shape index (κ2) is 5.64. The van der Waals surface area contributed by atoms with Crippen molar-refractivity contribution >= 4 is 10.8 Å². The lowest BCUT2D eigenvalue weighted by Gasteiger charge is -2.26. The molecule has 3 nitrogen and oxygen atoms in total. The van der Waals surface area contributed by atoms with Crippen molar-refractivity contribution in [3.8, 4) is 0 Å². The summed E-state index contributed by atoms with van der Waals surface area (Å²) in [5, 5.41) is 3.60. The molecule has 1 fully saturated rings. The zero-order valence-corrected chi connectivity index (χ0v) is 10.5. The summed E-state index contributed by atoms with van der Waals surface area (Å²) in [7, 11) is -0.578. The molecule has 1 aliphatic rings. The maximum atomic E-state index is 11.3. The highest BCUT2D eigenvalue weighted by Gasteiger charge is 2.21. The van der Waals surface area contributed by atoms with E-state index in [-0.39, 0.29) is 0 Å². The van der Waals surface area contributed by atoms with Crippen LogP contribution in [0.1, 0.15) is 38.0 Å². The van der Waals surface area contributed by atoms with Gasteiger partial charge in [0, 0.05) is 28.3 Å². The van der Waals surface area contributed by atoms with Crippen LogP contribution in [0.3, 0.4) is 0 Å². The summed E-state index contributed by atoms with van der Waals surface area (Å²) in [5.41, 5.74) is 0. The van der Waals surface area contributed by atoms with E-state index in [0.717, 1.165) is 36.5 Å². The molecule has 2 rings (SSSR count). The fourth-order valence-electron chi connectivity index (χ4n) is 2.14. The molecule has 0 aromatic carbocycles. The van der Waals surface area contributed by atoms with Crippen LogP contribution >= 0.6 is 0 Å². The van der Waals surface area contributed by atoms with Crippen LogP contribution in [0.2, 0.25) is 0 Å². The van der Waals surface area contributed by atoms with Gasteiger partial charge in [0.2, 0.25) is 0 Å². The van der Waals surface area contributed by atoms with Crippen LogP contribution in [0.15, 0.2) is 22.8 Å². The molecule has 0 aliphatic carbocycles. The van der Waals surface area contributed by atoms with Gasteiger partial charge in [-0.1, -0.05) is 6.92 Å². The Morgan fingerprint density at radius 2 is 2.31 bits per heavy atom. The van der Waals surface area contributed by atoms with E-state index in [0.29, 0.717) is 12.1 Å². The number of nitrogens with one attached hydrogen (secondary N) is 1. The molecule has 16 heavy (non-hydrogen) atoms. The van der Waals surface area contributed by atoms with Crippen molar-refractivity contribution in [2.24, 2.45) is 0 Å². The SMILES string of the molecule is CCC(NC1CCS(=O)CC1)c1ccco1. The van der Waals surface area contributed by atoms with Gasteiger partial charge >= 0.3 is 0 Å². The minimum Gasteiger partial charge on any atom is -0.468 e. The van der Waals surface area contributed by atoms with E-state index >= 15 is 0 Å². The lowest BCUT2D eigenvalue weighted by Crippen LogP contribution is -2.37. The van der Waals surface area contributed by atoms with E-state index in [4.69, 9.17) is 4.42 Å². The van der Waals surface area contributed by atoms with Gasteiger partial charge in [-0.05, 0) is 31.4 Å². The number of furan rings is 1. The first-order valence-electron chi connectivity index (χ1n) is 5.94. The van der Waals surface area contributed by atoms with Crippen LogP contribution in [0, 0.1) is 0 Å². The van der Waals surface area contributed by atoms with Crippen molar-refractivity contribution in [2.75, 3.05) is 11.5 Å². The number of hydrogen-bond acceptors (Lipinski definition) is 3. The van der Waals surface area contributed by atoms with Crippen molar-refractivity contribution in [2.45, 2.75) is 38.3 Å². The maximum absolute atomic E-state index is 11.3. The summed E-state index contributed by atoms with van der Waals surface area (Å²) in [4.78, 5) is 0. The molecule has 90 valence electrons. The van der Waals surface area contributed by atoms with Crippen LogP contribution in [0.25, 0.3) is 0 Å². The Balaban J connectivity index is 1.90. The van der Waals surface area contributed by atoms with Gasteiger partial charge < -0.3 is 9.73 Å². The first kappa shape index (κ1) is 11.9. The van der Waals surface area contributed by atoms with Crippen molar-refractivity contribution < 1.29 is 8.63 Å². The highest BCUT2D eigenvalue weighted by Crippen LogP contribution is 2.20. The normalized spacial score (nSPS) is 27.8. The first-order valence-corrected chi connectivity index (χ1v) is 7.43. The summed E-state index contributed by atoms with van der Waals surface area (Å²) < 4.78 is 16.7. The summed E-state index contributed by atoms with van der Waals surface area (Å²) in [6, 6.07) is 4.73. The largest absolute Gasteiger partial charge is 0.468 e. The Labute approximate surface area is 99.1 Å². The van der Waals surface area contributed by atoms with E-state index < -0.39 is 10.8 Å². The molecule has 1 aromatic rings. The molecule has 0 amide bonds. The molecule has 1 aromatic heterocycles. The topological polar surface area (TPSA) is 42.2 Å². The molecule has 1 saturated heterocycles. The van der Waals surface area contributed by atoms with Crippen LogP contribution in [0.4, 0.5) is 0 Å². The van der Waals surface area contributed by atoms with Crippen LogP contribution in [-0.4, -0.2) is 21.8 Å². The van der Waals surface area contributed by atoms with Crippen LogP contribution in [0.5, 0.6) is 0 Å². The summed E-state index contributed by atoms with van der Waals surface area (Å²) in [6.45, 7) is 2.15. The van der Waals surface area contributed by atoms with Gasteiger partial charge in [-0.2, -0.15) is 0 Å². The van der Waals surface area contributed by atoms with E-state index in [1.54, 1.807) is 6.26 Å². The smallest absolute Gasteiger partial charge is 0.120 e. The molecular formula is C12H19NO2S. The monoisotopic (exact) mass is 241 g/mol. The van der Waals surface area contributed by atoms with Crippen molar-refractivity contribution in [3.05, 3.63) is 24.2 Å². The average Bonchev–Trinajstić information content (AvgIpc) is 2.82. The standard InChI is InChI=1S/C12H19NO2S/c1-2-11(12-4-3-7-15-12)13-10-5-8-16(14)9-6-10/h3-4,7,10-11,13H,2,5-6,8-9H2,1H3. The molecule has 1 unspecified atom stereocenters. The predicted molar refractivity (Wildman–Crippen MR) is 65.8 cm³/mol. The summed E-state index contributed by atoms with van der Waals surface area (Å²) in [5.74, 6) is 2.69. The van der Waals surface area contributed by atoms with Gasteiger partial charge in [-0.25, -0.2) is 0 Å². The maximum Gasteiger partial charge on any atom is 0.120 e. The zero-order valence-electron chi connectivity index (χ0n) is 9.65. The van der Waals surface area contributed by atoms with Gasteiger partial charge in [0.05, 0.1) is 12.3 Å². The molecule has 0 radical (unpaired) electrons. The van der Waals surface area contributed by atoms with E-state index in [9.17, 15) is 4.21 Å². The lowest BCUT2D eigenvalue weighted by molar-refractivity contribution is 0.351. The van der Waals surface area contributed by atoms with Crippen LogP contribution in [-0.2, 0) is 10.8 Å². The third-order valence-electron chi connectivity index (χ3n) is 3.12. The Morgan fingerprint density at radius 1 is 1.56 bits per heavy atom. The second-order valence-electron chi connectivity index (χ2n) is 4.27. The van der Waals surface area contributed by atoms with Gasteiger partial charge in [-0.15, -0.1) is 0 Å². The Hall–Kier alpha value is -0.610. The number of rotatable bonds is 4. The van der Waals surface area contributed by atoms with Gasteiger partial charge in [0.1, 0.15) is 5.76 Å². The molecule has 0 saturated carbocycles. The van der Waals surface area contributed by atoms with Crippen molar-refractivity contribution in [1.82, 2.24) is 5.32 Å². The average molecular weight is 241 g/mol. The van der Waals surface area contributed by atoms with E-state index in [2.05, 4.69) is 12.2 Å². The molecule has 1 N–H and O–H groups in total. The molecule has 0 bridgehead atoms. The van der Waals surface area contributed by atoms with Crippen LogP contribution < -0.4 is 5.32 Å². The van der Waals surface area contributed by atoms with Gasteiger partial charge in [-0.3, -0.25) is 4.21 Å². The lowest BCUT2D eigenvalue weighted by atomic mass is 10.1. The Morgan fingerprint density at radius 3 is 2.88 bits per heavy atom.